The molecule has 0 aromatic heterocycles. The molecular formula is C16H27BrCl2N2O2. The second-order valence-corrected chi connectivity index (χ2v) is 6.80. The van der Waals surface area contributed by atoms with E-state index in [0.717, 1.165) is 42.6 Å². The first kappa shape index (κ1) is 22.8. The highest BCUT2D eigenvalue weighted by molar-refractivity contribution is 9.10. The van der Waals surface area contributed by atoms with Gasteiger partial charge >= 0.3 is 0 Å². The van der Waals surface area contributed by atoms with Gasteiger partial charge in [-0.1, -0.05) is 29.8 Å². The molecule has 23 heavy (non-hydrogen) atoms. The third kappa shape index (κ3) is 5.68. The van der Waals surface area contributed by atoms with E-state index in [-0.39, 0.29) is 36.6 Å². The SMILES string of the molecule is COc1ccc(Br)c([C@H](CC(C)C)N2CCNCC2)c1O.Cl.Cl. The molecule has 1 atom stereocenters. The van der Waals surface area contributed by atoms with E-state index in [1.807, 2.05) is 6.07 Å². The van der Waals surface area contributed by atoms with Crippen molar-refractivity contribution in [2.75, 3.05) is 33.3 Å². The van der Waals surface area contributed by atoms with Crippen LogP contribution in [0.25, 0.3) is 0 Å². The summed E-state index contributed by atoms with van der Waals surface area (Å²) in [5.41, 5.74) is 0.949. The van der Waals surface area contributed by atoms with Gasteiger partial charge in [-0.05, 0) is 24.5 Å². The van der Waals surface area contributed by atoms with Crippen LogP contribution in [0.3, 0.4) is 0 Å². The van der Waals surface area contributed by atoms with E-state index in [0.29, 0.717) is 11.7 Å². The molecule has 134 valence electrons. The molecule has 7 heteroatoms. The molecule has 0 unspecified atom stereocenters. The lowest BCUT2D eigenvalue weighted by molar-refractivity contribution is 0.150. The van der Waals surface area contributed by atoms with Crippen molar-refractivity contribution in [2.45, 2.75) is 26.3 Å². The molecule has 2 N–H and O–H groups in total. The van der Waals surface area contributed by atoms with Crippen LogP contribution in [0.5, 0.6) is 11.5 Å². The Bertz CT molecular complexity index is 483. The first-order valence-corrected chi connectivity index (χ1v) is 8.34. The van der Waals surface area contributed by atoms with Gasteiger partial charge in [0.2, 0.25) is 0 Å². The van der Waals surface area contributed by atoms with Gasteiger partial charge in [-0.15, -0.1) is 24.8 Å². The fourth-order valence-electron chi connectivity index (χ4n) is 2.93. The fourth-order valence-corrected chi connectivity index (χ4v) is 3.52. The number of rotatable bonds is 5. The van der Waals surface area contributed by atoms with Crippen molar-refractivity contribution in [3.8, 4) is 11.5 Å². The maximum absolute atomic E-state index is 10.6. The quantitative estimate of drug-likeness (QED) is 0.742. The van der Waals surface area contributed by atoms with Gasteiger partial charge in [0.05, 0.1) is 7.11 Å². The zero-order valence-electron chi connectivity index (χ0n) is 13.8. The lowest BCUT2D eigenvalue weighted by atomic mass is 9.94. The molecule has 0 radical (unpaired) electrons. The second kappa shape index (κ2) is 10.6. The van der Waals surface area contributed by atoms with E-state index in [9.17, 15) is 5.11 Å². The average molecular weight is 430 g/mol. The van der Waals surface area contributed by atoms with Crippen molar-refractivity contribution in [1.82, 2.24) is 10.2 Å². The fraction of sp³-hybridized carbons (Fsp3) is 0.625. The van der Waals surface area contributed by atoms with Crippen LogP contribution < -0.4 is 10.1 Å². The van der Waals surface area contributed by atoms with Crippen LogP contribution >= 0.6 is 40.7 Å². The lowest BCUT2D eigenvalue weighted by Crippen LogP contribution is -2.45. The summed E-state index contributed by atoms with van der Waals surface area (Å²) >= 11 is 3.61. The van der Waals surface area contributed by atoms with Gasteiger partial charge < -0.3 is 15.2 Å². The third-order valence-corrected chi connectivity index (χ3v) is 4.66. The van der Waals surface area contributed by atoms with Crippen molar-refractivity contribution < 1.29 is 9.84 Å². The Morgan fingerprint density at radius 2 is 1.87 bits per heavy atom. The van der Waals surface area contributed by atoms with Crippen molar-refractivity contribution in [3.63, 3.8) is 0 Å². The van der Waals surface area contributed by atoms with Crippen LogP contribution in [0, 0.1) is 5.92 Å². The standard InChI is InChI=1S/C16H25BrN2O2.2ClH/c1-11(2)10-13(19-8-6-18-7-9-19)15-12(17)4-5-14(21-3)16(15)20;;/h4-5,11,13,18,20H,6-10H2,1-3H3;2*1H/t13-;;/m0../s1. The first-order chi connectivity index (χ1) is 10.0. The molecule has 0 bridgehead atoms. The molecular weight excluding hydrogens is 403 g/mol. The molecule has 1 fully saturated rings. The normalized spacial score (nSPS) is 16.4. The van der Waals surface area contributed by atoms with Crippen LogP contribution in [0.2, 0.25) is 0 Å². The number of phenols is 1. The maximum Gasteiger partial charge on any atom is 0.163 e. The monoisotopic (exact) mass is 428 g/mol. The van der Waals surface area contributed by atoms with Gasteiger partial charge in [0, 0.05) is 42.3 Å². The number of nitrogens with one attached hydrogen (secondary N) is 1. The highest BCUT2D eigenvalue weighted by Gasteiger charge is 2.28. The summed E-state index contributed by atoms with van der Waals surface area (Å²) < 4.78 is 6.23. The summed E-state index contributed by atoms with van der Waals surface area (Å²) in [5.74, 6) is 1.36. The Balaban J connectivity index is 0.00000242. The van der Waals surface area contributed by atoms with Gasteiger partial charge in [0.15, 0.2) is 11.5 Å². The first-order valence-electron chi connectivity index (χ1n) is 7.54. The summed E-state index contributed by atoms with van der Waals surface area (Å²) in [4.78, 5) is 2.45. The number of benzene rings is 1. The number of piperazine rings is 1. The zero-order chi connectivity index (χ0) is 15.4. The molecule has 0 saturated carbocycles. The minimum atomic E-state index is 0. The number of halogens is 3. The number of methoxy groups -OCH3 is 1. The van der Waals surface area contributed by atoms with E-state index >= 15 is 0 Å². The van der Waals surface area contributed by atoms with Crippen molar-refractivity contribution in [1.29, 1.82) is 0 Å². The Kier molecular flexibility index (Phi) is 10.5. The molecule has 1 aromatic carbocycles. The summed E-state index contributed by atoms with van der Waals surface area (Å²) in [5, 5.41) is 14.0. The van der Waals surface area contributed by atoms with Crippen LogP contribution in [0.4, 0.5) is 0 Å². The molecule has 1 heterocycles. The Hall–Kier alpha value is -0.200. The van der Waals surface area contributed by atoms with E-state index in [1.165, 1.54) is 0 Å². The highest BCUT2D eigenvalue weighted by Crippen LogP contribution is 2.43. The van der Waals surface area contributed by atoms with E-state index < -0.39 is 0 Å². The predicted octanol–water partition coefficient (Wildman–Crippen LogP) is 4.00. The highest BCUT2D eigenvalue weighted by atomic mass is 79.9. The van der Waals surface area contributed by atoms with E-state index in [4.69, 9.17) is 4.74 Å². The molecule has 1 aliphatic rings. The Morgan fingerprint density at radius 1 is 1.26 bits per heavy atom. The predicted molar refractivity (Wildman–Crippen MR) is 103 cm³/mol. The van der Waals surface area contributed by atoms with E-state index in [1.54, 1.807) is 13.2 Å². The van der Waals surface area contributed by atoms with Crippen molar-refractivity contribution >= 4 is 40.7 Å². The largest absolute Gasteiger partial charge is 0.504 e. The van der Waals surface area contributed by atoms with Crippen LogP contribution in [-0.2, 0) is 0 Å². The molecule has 1 saturated heterocycles. The topological polar surface area (TPSA) is 44.7 Å². The number of aromatic hydroxyl groups is 1. The molecule has 0 spiro atoms. The molecule has 1 aliphatic heterocycles. The number of hydrogen-bond donors (Lipinski definition) is 2. The van der Waals surface area contributed by atoms with Crippen LogP contribution in [-0.4, -0.2) is 43.3 Å². The summed E-state index contributed by atoms with van der Waals surface area (Å²) in [7, 11) is 1.59. The zero-order valence-corrected chi connectivity index (χ0v) is 17.1. The minimum Gasteiger partial charge on any atom is -0.504 e. The van der Waals surface area contributed by atoms with Crippen LogP contribution in [0.1, 0.15) is 31.9 Å². The van der Waals surface area contributed by atoms with Gasteiger partial charge in [0.25, 0.3) is 0 Å². The molecule has 0 aliphatic carbocycles. The summed E-state index contributed by atoms with van der Waals surface area (Å²) in [6, 6.07) is 3.97. The summed E-state index contributed by atoms with van der Waals surface area (Å²) in [6.45, 7) is 8.44. The number of nitrogens with zero attached hydrogens (tertiary/aromatic N) is 1. The maximum atomic E-state index is 10.6. The lowest BCUT2D eigenvalue weighted by Gasteiger charge is -2.37. The second-order valence-electron chi connectivity index (χ2n) is 5.94. The smallest absolute Gasteiger partial charge is 0.163 e. The Labute approximate surface area is 159 Å². The number of phenolic OH excluding ortho intramolecular Hbond substituents is 1. The van der Waals surface area contributed by atoms with Gasteiger partial charge in [-0.2, -0.15) is 0 Å². The van der Waals surface area contributed by atoms with Crippen molar-refractivity contribution in [2.24, 2.45) is 5.92 Å². The Morgan fingerprint density at radius 3 is 2.39 bits per heavy atom. The van der Waals surface area contributed by atoms with Crippen LogP contribution in [0.15, 0.2) is 16.6 Å². The van der Waals surface area contributed by atoms with Gasteiger partial charge in [0.1, 0.15) is 0 Å². The molecule has 0 amide bonds. The van der Waals surface area contributed by atoms with Gasteiger partial charge in [-0.25, -0.2) is 0 Å². The average Bonchev–Trinajstić information content (AvgIpc) is 2.47. The van der Waals surface area contributed by atoms with Crippen molar-refractivity contribution in [3.05, 3.63) is 22.2 Å². The molecule has 1 aromatic rings. The van der Waals surface area contributed by atoms with Gasteiger partial charge in [-0.3, -0.25) is 4.90 Å². The minimum absolute atomic E-state index is 0. The number of ether oxygens (including phenoxy) is 1. The third-order valence-electron chi connectivity index (χ3n) is 3.97. The number of hydrogen-bond acceptors (Lipinski definition) is 4. The molecule has 4 nitrogen and oxygen atoms in total. The van der Waals surface area contributed by atoms with E-state index in [2.05, 4.69) is 40.0 Å². The summed E-state index contributed by atoms with van der Waals surface area (Å²) in [6.07, 6.45) is 1.01. The molecule has 2 rings (SSSR count).